The molecule has 4 rings (SSSR count). The van der Waals surface area contributed by atoms with Gasteiger partial charge >= 0.3 is 0 Å². The number of aryl methyl sites for hydroxylation is 2. The van der Waals surface area contributed by atoms with Crippen molar-refractivity contribution < 1.29 is 4.79 Å². The van der Waals surface area contributed by atoms with E-state index in [1.165, 1.54) is 18.4 Å². The highest BCUT2D eigenvalue weighted by Crippen LogP contribution is 2.25. The maximum atomic E-state index is 12.8. The minimum atomic E-state index is 0.0969. The molecule has 0 aromatic carbocycles. The summed E-state index contributed by atoms with van der Waals surface area (Å²) in [5.41, 5.74) is 4.40. The first kappa shape index (κ1) is 21.0. The van der Waals surface area contributed by atoms with Crippen molar-refractivity contribution in [1.29, 1.82) is 0 Å². The average molecular weight is 411 g/mol. The van der Waals surface area contributed by atoms with E-state index in [2.05, 4.69) is 36.4 Å². The number of piperidine rings is 2. The highest BCUT2D eigenvalue weighted by molar-refractivity contribution is 5.79. The second-order valence-corrected chi connectivity index (χ2v) is 8.83. The molecule has 2 aromatic heterocycles. The number of aromatic amines is 1. The lowest BCUT2D eigenvalue weighted by Crippen LogP contribution is -2.50. The predicted octanol–water partition coefficient (Wildman–Crippen LogP) is 2.41. The number of rotatable bonds is 6. The monoisotopic (exact) mass is 410 g/mol. The topological polar surface area (TPSA) is 77.2 Å². The van der Waals surface area contributed by atoms with Gasteiger partial charge in [0, 0.05) is 49.3 Å². The van der Waals surface area contributed by atoms with Gasteiger partial charge in [-0.05, 0) is 70.8 Å². The summed E-state index contributed by atoms with van der Waals surface area (Å²) in [6.07, 6.45) is 8.26. The fourth-order valence-electron chi connectivity index (χ4n) is 4.90. The third kappa shape index (κ3) is 5.08. The van der Waals surface area contributed by atoms with Crippen molar-refractivity contribution in [3.05, 3.63) is 47.0 Å². The number of nitrogens with zero attached hydrogens (tertiary/aromatic N) is 4. The molecular formula is C23H34N6O. The SMILES string of the molecule is Cc1n[nH]c(C)c1CNC(=O)[C@H]1CCCN(C2CCN(Cc3cccnc3)CC2)C1. The Bertz CT molecular complexity index is 808. The molecular weight excluding hydrogens is 376 g/mol. The molecule has 30 heavy (non-hydrogen) atoms. The van der Waals surface area contributed by atoms with Crippen molar-refractivity contribution >= 4 is 5.91 Å². The molecule has 4 heterocycles. The smallest absolute Gasteiger partial charge is 0.224 e. The summed E-state index contributed by atoms with van der Waals surface area (Å²) in [6, 6.07) is 4.76. The van der Waals surface area contributed by atoms with Crippen molar-refractivity contribution in [2.45, 2.75) is 58.7 Å². The third-order valence-corrected chi connectivity index (χ3v) is 6.75. The van der Waals surface area contributed by atoms with Crippen molar-refractivity contribution in [2.24, 2.45) is 5.92 Å². The second kappa shape index (κ2) is 9.71. The summed E-state index contributed by atoms with van der Waals surface area (Å²) in [5, 5.41) is 10.4. The highest BCUT2D eigenvalue weighted by atomic mass is 16.1. The second-order valence-electron chi connectivity index (χ2n) is 8.83. The maximum absolute atomic E-state index is 12.8. The van der Waals surface area contributed by atoms with Crippen LogP contribution in [0.2, 0.25) is 0 Å². The molecule has 2 aliphatic rings. The average Bonchev–Trinajstić information content (AvgIpc) is 3.10. The quantitative estimate of drug-likeness (QED) is 0.765. The third-order valence-electron chi connectivity index (χ3n) is 6.75. The first-order valence-corrected chi connectivity index (χ1v) is 11.2. The molecule has 2 saturated heterocycles. The minimum absolute atomic E-state index is 0.0969. The number of H-pyrrole nitrogens is 1. The van der Waals surface area contributed by atoms with Crippen LogP contribution < -0.4 is 5.32 Å². The fraction of sp³-hybridized carbons (Fsp3) is 0.609. The van der Waals surface area contributed by atoms with E-state index in [9.17, 15) is 4.79 Å². The van der Waals surface area contributed by atoms with Gasteiger partial charge in [0.1, 0.15) is 0 Å². The fourth-order valence-corrected chi connectivity index (χ4v) is 4.90. The zero-order valence-corrected chi connectivity index (χ0v) is 18.2. The number of hydrogen-bond acceptors (Lipinski definition) is 5. The van der Waals surface area contributed by atoms with E-state index in [1.54, 1.807) is 0 Å². The number of carbonyl (C=O) groups excluding carboxylic acids is 1. The molecule has 2 aromatic rings. The zero-order valence-electron chi connectivity index (χ0n) is 18.2. The molecule has 1 amide bonds. The van der Waals surface area contributed by atoms with E-state index in [0.29, 0.717) is 12.6 Å². The number of likely N-dealkylation sites (tertiary alicyclic amines) is 2. The number of pyridine rings is 1. The summed E-state index contributed by atoms with van der Waals surface area (Å²) < 4.78 is 0. The Kier molecular flexibility index (Phi) is 6.79. The van der Waals surface area contributed by atoms with E-state index in [-0.39, 0.29) is 11.8 Å². The molecule has 0 aliphatic carbocycles. The van der Waals surface area contributed by atoms with Gasteiger partial charge in [-0.3, -0.25) is 24.7 Å². The zero-order chi connectivity index (χ0) is 20.9. The van der Waals surface area contributed by atoms with Gasteiger partial charge in [-0.1, -0.05) is 6.07 Å². The Morgan fingerprint density at radius 1 is 1.23 bits per heavy atom. The summed E-state index contributed by atoms with van der Waals surface area (Å²) in [6.45, 7) is 9.78. The van der Waals surface area contributed by atoms with Gasteiger partial charge < -0.3 is 5.32 Å². The summed E-state index contributed by atoms with van der Waals surface area (Å²) >= 11 is 0. The van der Waals surface area contributed by atoms with Gasteiger partial charge in [0.15, 0.2) is 0 Å². The van der Waals surface area contributed by atoms with Crippen LogP contribution >= 0.6 is 0 Å². The van der Waals surface area contributed by atoms with E-state index in [0.717, 1.165) is 62.5 Å². The van der Waals surface area contributed by atoms with Gasteiger partial charge in [-0.25, -0.2) is 0 Å². The molecule has 0 bridgehead atoms. The number of amides is 1. The van der Waals surface area contributed by atoms with Gasteiger partial charge in [-0.15, -0.1) is 0 Å². The number of hydrogen-bond donors (Lipinski definition) is 2. The lowest BCUT2D eigenvalue weighted by atomic mass is 9.93. The largest absolute Gasteiger partial charge is 0.352 e. The first-order valence-electron chi connectivity index (χ1n) is 11.2. The van der Waals surface area contributed by atoms with Crippen LogP contribution in [0.5, 0.6) is 0 Å². The summed E-state index contributed by atoms with van der Waals surface area (Å²) in [5.74, 6) is 0.286. The van der Waals surface area contributed by atoms with Crippen LogP contribution in [-0.4, -0.2) is 63.1 Å². The Labute approximate surface area is 179 Å². The normalized spacial score (nSPS) is 21.6. The minimum Gasteiger partial charge on any atom is -0.352 e. The molecule has 0 spiro atoms. The van der Waals surface area contributed by atoms with Crippen molar-refractivity contribution in [3.63, 3.8) is 0 Å². The van der Waals surface area contributed by atoms with Crippen LogP contribution in [0, 0.1) is 19.8 Å². The summed E-state index contributed by atoms with van der Waals surface area (Å²) in [7, 11) is 0. The van der Waals surface area contributed by atoms with Crippen LogP contribution in [0.1, 0.15) is 48.2 Å². The Hall–Kier alpha value is -2.25. The van der Waals surface area contributed by atoms with E-state index in [4.69, 9.17) is 0 Å². The van der Waals surface area contributed by atoms with Gasteiger partial charge in [0.05, 0.1) is 11.6 Å². The maximum Gasteiger partial charge on any atom is 0.224 e. The molecule has 162 valence electrons. The first-order chi connectivity index (χ1) is 14.6. The van der Waals surface area contributed by atoms with Crippen LogP contribution in [0.25, 0.3) is 0 Å². The van der Waals surface area contributed by atoms with Gasteiger partial charge in [0.2, 0.25) is 5.91 Å². The highest BCUT2D eigenvalue weighted by Gasteiger charge is 2.31. The number of aromatic nitrogens is 3. The lowest BCUT2D eigenvalue weighted by Gasteiger charge is -2.42. The van der Waals surface area contributed by atoms with Gasteiger partial charge in [0.25, 0.3) is 0 Å². The Morgan fingerprint density at radius 3 is 2.77 bits per heavy atom. The van der Waals surface area contributed by atoms with E-state index >= 15 is 0 Å². The number of nitrogens with one attached hydrogen (secondary N) is 2. The Balaban J connectivity index is 1.24. The summed E-state index contributed by atoms with van der Waals surface area (Å²) in [4.78, 5) is 22.1. The van der Waals surface area contributed by atoms with Crippen molar-refractivity contribution in [2.75, 3.05) is 26.2 Å². The van der Waals surface area contributed by atoms with Crippen molar-refractivity contribution in [1.82, 2.24) is 30.3 Å². The molecule has 2 fully saturated rings. The molecule has 7 heteroatoms. The number of carbonyl (C=O) groups is 1. The van der Waals surface area contributed by atoms with Gasteiger partial charge in [-0.2, -0.15) is 5.10 Å². The predicted molar refractivity (Wildman–Crippen MR) is 117 cm³/mol. The molecule has 1 atom stereocenters. The van der Waals surface area contributed by atoms with E-state index < -0.39 is 0 Å². The lowest BCUT2D eigenvalue weighted by molar-refractivity contribution is -0.127. The molecule has 0 radical (unpaired) electrons. The van der Waals surface area contributed by atoms with Crippen LogP contribution in [-0.2, 0) is 17.9 Å². The van der Waals surface area contributed by atoms with Crippen LogP contribution in [0.4, 0.5) is 0 Å². The molecule has 7 nitrogen and oxygen atoms in total. The van der Waals surface area contributed by atoms with Crippen LogP contribution in [0.15, 0.2) is 24.5 Å². The Morgan fingerprint density at radius 2 is 2.07 bits per heavy atom. The standard InChI is InChI=1S/C23H34N6O/c1-17-22(18(2)27-26-17)14-25-23(30)20-6-4-10-29(16-20)21-7-11-28(12-8-21)15-19-5-3-9-24-13-19/h3,5,9,13,20-21H,4,6-8,10-12,14-16H2,1-2H3,(H,25,30)(H,26,27)/t20-/m0/s1. The van der Waals surface area contributed by atoms with Crippen LogP contribution in [0.3, 0.4) is 0 Å². The van der Waals surface area contributed by atoms with E-state index in [1.807, 2.05) is 32.3 Å². The molecule has 0 unspecified atom stereocenters. The molecule has 2 aliphatic heterocycles. The molecule has 2 N–H and O–H groups in total. The molecule has 0 saturated carbocycles. The van der Waals surface area contributed by atoms with Crippen molar-refractivity contribution in [3.8, 4) is 0 Å².